The predicted octanol–water partition coefficient (Wildman–Crippen LogP) is 3.72. The number of nitrogens with zero attached hydrogens (tertiary/aromatic N) is 6. The molecule has 3 heterocycles. The third-order valence-corrected chi connectivity index (χ3v) is 6.96. The molecule has 0 atom stereocenters. The van der Waals surface area contributed by atoms with E-state index >= 15 is 0 Å². The van der Waals surface area contributed by atoms with Crippen LogP contribution in [0.4, 0.5) is 0 Å². The topological polar surface area (TPSA) is 53.5 Å². The van der Waals surface area contributed by atoms with E-state index in [-0.39, 0.29) is 0 Å². The van der Waals surface area contributed by atoms with Crippen LogP contribution in [0.2, 0.25) is 0 Å². The third-order valence-electron chi connectivity index (χ3n) is 4.03. The molecule has 3 aromatic heterocycles. The van der Waals surface area contributed by atoms with Gasteiger partial charge in [-0.3, -0.25) is 0 Å². The summed E-state index contributed by atoms with van der Waals surface area (Å²) in [5.74, 6) is 0. The zero-order valence-corrected chi connectivity index (χ0v) is 17.7. The summed E-state index contributed by atoms with van der Waals surface area (Å²) < 4.78 is 4.54. The van der Waals surface area contributed by atoms with Crippen molar-refractivity contribution >= 4 is 20.2 Å². The number of aryl methyl sites for hydroxylation is 6. The van der Waals surface area contributed by atoms with Gasteiger partial charge in [-0.1, -0.05) is 0 Å². The van der Waals surface area contributed by atoms with Crippen LogP contribution in [-0.2, 0) is 16.8 Å². The Bertz CT molecular complexity index is 811. The fourth-order valence-corrected chi connectivity index (χ4v) is 6.07. The summed E-state index contributed by atoms with van der Waals surface area (Å²) in [7, 11) is 13.5. The predicted molar refractivity (Wildman–Crippen MR) is 95.6 cm³/mol. The Balaban J connectivity index is 2.47. The molecule has 0 saturated heterocycles. The van der Waals surface area contributed by atoms with Crippen molar-refractivity contribution in [1.29, 1.82) is 0 Å². The molecule has 0 bridgehead atoms. The fraction of sp³-hybridized carbons (Fsp3) is 0.438. The number of rotatable bonds is 4. The van der Waals surface area contributed by atoms with Gasteiger partial charge in [-0.15, -0.1) is 0 Å². The first kappa shape index (κ1) is 18.5. The Hall–Kier alpha value is -1.27. The van der Waals surface area contributed by atoms with Gasteiger partial charge in [0.05, 0.1) is 0 Å². The molecule has 0 saturated carbocycles. The van der Waals surface area contributed by atoms with Gasteiger partial charge in [0.15, 0.2) is 0 Å². The Morgan fingerprint density at radius 2 is 0.960 bits per heavy atom. The monoisotopic (exact) mass is 422 g/mol. The van der Waals surface area contributed by atoms with E-state index in [1.165, 1.54) is 0 Å². The molecule has 136 valence electrons. The molecule has 0 fully saturated rings. The van der Waals surface area contributed by atoms with E-state index in [0.717, 1.165) is 34.2 Å². The number of hydrogen-bond donors (Lipinski definition) is 0. The molecule has 0 aromatic carbocycles. The molecule has 3 rings (SSSR count). The minimum atomic E-state index is -2.10. The van der Waals surface area contributed by atoms with E-state index in [2.05, 4.69) is 0 Å². The van der Waals surface area contributed by atoms with Crippen LogP contribution in [0.3, 0.4) is 0 Å². The molecule has 6 nitrogen and oxygen atoms in total. The summed E-state index contributed by atoms with van der Waals surface area (Å²) in [4.78, 5) is 0. The summed E-state index contributed by atoms with van der Waals surface area (Å²) in [6.45, 7) is 11.8. The van der Waals surface area contributed by atoms with Gasteiger partial charge in [-0.05, 0) is 0 Å². The molecule has 0 unspecified atom stereocenters. The normalized spacial score (nSPS) is 12.7. The van der Waals surface area contributed by atoms with Crippen LogP contribution in [0, 0.1) is 41.5 Å². The minimum absolute atomic E-state index is 0.891. The first-order chi connectivity index (χ1) is 11.7. The Kier molecular flexibility index (Phi) is 4.79. The zero-order chi connectivity index (χ0) is 18.5. The molecular formula is C16H21Cl2MnN6. The Morgan fingerprint density at radius 3 is 1.12 bits per heavy atom. The average molecular weight is 423 g/mol. The molecule has 0 N–H and O–H groups in total. The summed E-state index contributed by atoms with van der Waals surface area (Å²) >= 11 is -2.10. The Morgan fingerprint density at radius 1 is 0.680 bits per heavy atom. The first-order valence-corrected chi connectivity index (χ1v) is 11.7. The van der Waals surface area contributed by atoms with E-state index in [9.17, 15) is 0 Å². The van der Waals surface area contributed by atoms with E-state index in [1.54, 1.807) is 0 Å². The SMILES string of the molecule is Cc1cc(C)n([C](n2nc(C)cc2C)(n2nc(C)cc2C)[Mn]([Cl])[Cl])n1. The summed E-state index contributed by atoms with van der Waals surface area (Å²) in [5, 5.41) is 14.1. The molecule has 9 heteroatoms. The standard InChI is InChI=1S/C16H21N6.2ClH.Mn/c1-10-7-13(4)20(17-10)16(21-14(5)8-11(2)18-21)22-15(6)9-12(3)19-22;;;/h7-9H,1-6H3;2*1H;/q;;;+2/p-2. The summed E-state index contributed by atoms with van der Waals surface area (Å²) in [6, 6.07) is 6.02. The molecule has 0 aliphatic rings. The molecule has 0 aliphatic carbocycles. The number of halogens is 2. The van der Waals surface area contributed by atoms with E-state index in [1.807, 2.05) is 73.8 Å². The van der Waals surface area contributed by atoms with Crippen LogP contribution >= 0.6 is 20.2 Å². The van der Waals surface area contributed by atoms with Gasteiger partial charge in [-0.25, -0.2) is 0 Å². The van der Waals surface area contributed by atoms with Gasteiger partial charge in [-0.2, -0.15) is 0 Å². The zero-order valence-electron chi connectivity index (χ0n) is 15.0. The van der Waals surface area contributed by atoms with E-state index in [0.29, 0.717) is 0 Å². The van der Waals surface area contributed by atoms with Crippen LogP contribution in [0.1, 0.15) is 34.2 Å². The quantitative estimate of drug-likeness (QED) is 0.602. The molecule has 0 spiro atoms. The first-order valence-electron chi connectivity index (χ1n) is 7.82. The maximum absolute atomic E-state index is 6.73. The van der Waals surface area contributed by atoms with Gasteiger partial charge >= 0.3 is 160 Å². The van der Waals surface area contributed by atoms with E-state index < -0.39 is 16.8 Å². The maximum atomic E-state index is 6.73. The molecule has 0 radical (unpaired) electrons. The molecule has 25 heavy (non-hydrogen) atoms. The molecular weight excluding hydrogens is 402 g/mol. The van der Waals surface area contributed by atoms with Crippen molar-refractivity contribution < 1.29 is 12.1 Å². The van der Waals surface area contributed by atoms with Crippen molar-refractivity contribution in [3.05, 3.63) is 52.4 Å². The van der Waals surface area contributed by atoms with Crippen LogP contribution in [0.5, 0.6) is 0 Å². The van der Waals surface area contributed by atoms with Crippen molar-refractivity contribution in [1.82, 2.24) is 29.3 Å². The van der Waals surface area contributed by atoms with Gasteiger partial charge in [0, 0.05) is 0 Å². The van der Waals surface area contributed by atoms with Crippen molar-refractivity contribution in [2.45, 2.75) is 46.2 Å². The van der Waals surface area contributed by atoms with Crippen molar-refractivity contribution in [2.75, 3.05) is 0 Å². The average Bonchev–Trinajstić information content (AvgIpc) is 3.11. The van der Waals surface area contributed by atoms with Crippen LogP contribution in [0.15, 0.2) is 18.2 Å². The second-order valence-electron chi connectivity index (χ2n) is 6.27. The van der Waals surface area contributed by atoms with Gasteiger partial charge in [0.2, 0.25) is 0 Å². The van der Waals surface area contributed by atoms with Gasteiger partial charge < -0.3 is 0 Å². The van der Waals surface area contributed by atoms with Crippen LogP contribution in [0.25, 0.3) is 0 Å². The third kappa shape index (κ3) is 2.83. The second kappa shape index (κ2) is 6.47. The number of hydrogen-bond acceptors (Lipinski definition) is 3. The fourth-order valence-electron chi connectivity index (χ4n) is 3.20. The Labute approximate surface area is 160 Å². The molecule has 3 aromatic rings. The van der Waals surface area contributed by atoms with Crippen LogP contribution in [-0.4, -0.2) is 29.3 Å². The van der Waals surface area contributed by atoms with Gasteiger partial charge in [0.1, 0.15) is 0 Å². The molecule has 0 amide bonds. The van der Waals surface area contributed by atoms with Gasteiger partial charge in [0.25, 0.3) is 0 Å². The summed E-state index contributed by atoms with van der Waals surface area (Å²) in [6.07, 6.45) is 0. The van der Waals surface area contributed by atoms with Crippen LogP contribution < -0.4 is 0 Å². The van der Waals surface area contributed by atoms with Crippen molar-refractivity contribution in [2.24, 2.45) is 0 Å². The summed E-state index contributed by atoms with van der Waals surface area (Å²) in [5.41, 5.74) is 5.51. The van der Waals surface area contributed by atoms with Crippen molar-refractivity contribution in [3.63, 3.8) is 0 Å². The number of aromatic nitrogens is 6. The van der Waals surface area contributed by atoms with Crippen molar-refractivity contribution in [3.8, 4) is 0 Å². The molecule has 0 aliphatic heterocycles. The van der Waals surface area contributed by atoms with E-state index in [4.69, 9.17) is 35.5 Å². The second-order valence-corrected chi connectivity index (χ2v) is 10.6.